The summed E-state index contributed by atoms with van der Waals surface area (Å²) in [7, 11) is 0. The molecule has 1 aromatic carbocycles. The summed E-state index contributed by atoms with van der Waals surface area (Å²) in [6.07, 6.45) is 4.14. The molecule has 1 N–H and O–H groups in total. The Morgan fingerprint density at radius 1 is 1.30 bits per heavy atom. The molecule has 1 heterocycles. The third kappa shape index (κ3) is 2.69. The van der Waals surface area contributed by atoms with Gasteiger partial charge in [-0.25, -0.2) is 4.39 Å². The van der Waals surface area contributed by atoms with Crippen LogP contribution in [0.4, 0.5) is 4.39 Å². The minimum atomic E-state index is -0.222. The summed E-state index contributed by atoms with van der Waals surface area (Å²) in [6.45, 7) is 0.465. The Morgan fingerprint density at radius 2 is 2.15 bits per heavy atom. The van der Waals surface area contributed by atoms with E-state index in [4.69, 9.17) is 0 Å². The second-order valence-corrected chi connectivity index (χ2v) is 5.05. The number of carbonyl (C=O) groups is 1. The van der Waals surface area contributed by atoms with Gasteiger partial charge in [-0.2, -0.15) is 0 Å². The normalized spacial score (nSPS) is 20.4. The number of nitrogens with zero attached hydrogens (tertiary/aromatic N) is 1. The smallest absolute Gasteiger partial charge is 0.224 e. The van der Waals surface area contributed by atoms with Gasteiger partial charge in [0.1, 0.15) is 5.82 Å². The Labute approximate surface area is 116 Å². The summed E-state index contributed by atoms with van der Waals surface area (Å²) in [5.74, 6) is -0.323. The molecule has 1 fully saturated rings. The molecule has 1 saturated carbocycles. The van der Waals surface area contributed by atoms with Crippen LogP contribution in [0.25, 0.3) is 0 Å². The first-order valence-corrected chi connectivity index (χ1v) is 6.67. The maximum Gasteiger partial charge on any atom is 0.224 e. The van der Waals surface area contributed by atoms with E-state index in [0.717, 1.165) is 12.0 Å². The van der Waals surface area contributed by atoms with Gasteiger partial charge in [0.15, 0.2) is 0 Å². The maximum absolute atomic E-state index is 13.6. The van der Waals surface area contributed by atoms with Gasteiger partial charge in [0, 0.05) is 24.9 Å². The highest BCUT2D eigenvalue weighted by atomic mass is 19.1. The van der Waals surface area contributed by atoms with E-state index in [2.05, 4.69) is 10.3 Å². The monoisotopic (exact) mass is 270 g/mol. The zero-order chi connectivity index (χ0) is 13.9. The van der Waals surface area contributed by atoms with Crippen molar-refractivity contribution in [1.29, 1.82) is 0 Å². The van der Waals surface area contributed by atoms with Crippen molar-refractivity contribution in [3.8, 4) is 0 Å². The van der Waals surface area contributed by atoms with Crippen LogP contribution in [0.1, 0.15) is 23.5 Å². The summed E-state index contributed by atoms with van der Waals surface area (Å²) < 4.78 is 13.6. The molecule has 0 radical (unpaired) electrons. The molecular formula is C16H15FN2O. The lowest BCUT2D eigenvalue weighted by atomic mass is 10.1. The van der Waals surface area contributed by atoms with Gasteiger partial charge in [0.2, 0.25) is 5.91 Å². The van der Waals surface area contributed by atoms with Gasteiger partial charge < -0.3 is 5.32 Å². The molecule has 2 unspecified atom stereocenters. The predicted molar refractivity (Wildman–Crippen MR) is 73.3 cm³/mol. The van der Waals surface area contributed by atoms with Gasteiger partial charge in [-0.3, -0.25) is 9.78 Å². The number of hydrogen-bond donors (Lipinski definition) is 1. The average Bonchev–Trinajstić information content (AvgIpc) is 3.27. The lowest BCUT2D eigenvalue weighted by Gasteiger charge is -2.05. The van der Waals surface area contributed by atoms with E-state index in [1.807, 2.05) is 12.1 Å². The van der Waals surface area contributed by atoms with Gasteiger partial charge in [0.05, 0.1) is 0 Å². The Bertz CT molecular complexity index is 615. The quantitative estimate of drug-likeness (QED) is 0.928. The molecule has 2 atom stereocenters. The van der Waals surface area contributed by atoms with E-state index in [1.165, 1.54) is 6.07 Å². The molecule has 0 aliphatic heterocycles. The number of hydrogen-bond acceptors (Lipinski definition) is 2. The van der Waals surface area contributed by atoms with Gasteiger partial charge in [-0.1, -0.05) is 24.3 Å². The lowest BCUT2D eigenvalue weighted by Crippen LogP contribution is -2.24. The number of pyridine rings is 1. The molecule has 1 aliphatic rings. The first-order valence-electron chi connectivity index (χ1n) is 6.67. The summed E-state index contributed by atoms with van der Waals surface area (Å²) >= 11 is 0. The SMILES string of the molecule is O=C(NCc1cccnc1)C1CC1c1ccccc1F. The predicted octanol–water partition coefficient (Wildman–Crippen LogP) is 2.64. The highest BCUT2D eigenvalue weighted by Crippen LogP contribution is 2.48. The fourth-order valence-electron chi connectivity index (χ4n) is 2.43. The zero-order valence-electron chi connectivity index (χ0n) is 10.9. The fourth-order valence-corrected chi connectivity index (χ4v) is 2.43. The first-order chi connectivity index (χ1) is 9.75. The molecule has 4 heteroatoms. The first kappa shape index (κ1) is 12.8. The zero-order valence-corrected chi connectivity index (χ0v) is 10.9. The van der Waals surface area contributed by atoms with Gasteiger partial charge >= 0.3 is 0 Å². The van der Waals surface area contributed by atoms with Crippen LogP contribution < -0.4 is 5.32 Å². The molecule has 3 rings (SSSR count). The number of carbonyl (C=O) groups excluding carboxylic acids is 1. The highest BCUT2D eigenvalue weighted by Gasteiger charge is 2.44. The van der Waals surface area contributed by atoms with E-state index >= 15 is 0 Å². The molecule has 102 valence electrons. The molecule has 3 nitrogen and oxygen atoms in total. The van der Waals surface area contributed by atoms with Crippen LogP contribution in [0.2, 0.25) is 0 Å². The molecule has 1 aromatic heterocycles. The van der Waals surface area contributed by atoms with Crippen molar-refractivity contribution in [3.05, 3.63) is 65.7 Å². The number of halogens is 1. The van der Waals surface area contributed by atoms with Crippen molar-refractivity contribution < 1.29 is 9.18 Å². The molecular weight excluding hydrogens is 255 g/mol. The van der Waals surface area contributed by atoms with Crippen LogP contribution in [0.15, 0.2) is 48.8 Å². The number of rotatable bonds is 4. The Hall–Kier alpha value is -2.23. The largest absolute Gasteiger partial charge is 0.352 e. The van der Waals surface area contributed by atoms with Crippen LogP contribution in [0, 0.1) is 11.7 Å². The molecule has 20 heavy (non-hydrogen) atoms. The van der Waals surface area contributed by atoms with Crippen molar-refractivity contribution in [2.24, 2.45) is 5.92 Å². The van der Waals surface area contributed by atoms with E-state index in [1.54, 1.807) is 30.6 Å². The van der Waals surface area contributed by atoms with E-state index < -0.39 is 0 Å². The Kier molecular flexibility index (Phi) is 3.46. The highest BCUT2D eigenvalue weighted by molar-refractivity contribution is 5.82. The van der Waals surface area contributed by atoms with Crippen molar-refractivity contribution in [2.45, 2.75) is 18.9 Å². The van der Waals surface area contributed by atoms with Crippen molar-refractivity contribution in [2.75, 3.05) is 0 Å². The molecule has 2 aromatic rings. The average molecular weight is 270 g/mol. The van der Waals surface area contributed by atoms with Crippen molar-refractivity contribution in [1.82, 2.24) is 10.3 Å². The summed E-state index contributed by atoms with van der Waals surface area (Å²) in [6, 6.07) is 10.4. The van der Waals surface area contributed by atoms with E-state index in [9.17, 15) is 9.18 Å². The second kappa shape index (κ2) is 5.41. The molecule has 0 bridgehead atoms. The van der Waals surface area contributed by atoms with Crippen molar-refractivity contribution >= 4 is 5.91 Å². The van der Waals surface area contributed by atoms with Gasteiger partial charge in [-0.05, 0) is 35.6 Å². The minimum Gasteiger partial charge on any atom is -0.352 e. The lowest BCUT2D eigenvalue weighted by molar-refractivity contribution is -0.122. The van der Waals surface area contributed by atoms with Gasteiger partial charge in [0.25, 0.3) is 0 Å². The summed E-state index contributed by atoms with van der Waals surface area (Å²) in [4.78, 5) is 16.0. The van der Waals surface area contributed by atoms with Crippen LogP contribution in [0.5, 0.6) is 0 Å². The van der Waals surface area contributed by atoms with Crippen LogP contribution >= 0.6 is 0 Å². The fraction of sp³-hybridized carbons (Fsp3) is 0.250. The molecule has 1 amide bonds. The molecule has 0 saturated heterocycles. The number of amides is 1. The van der Waals surface area contributed by atoms with Crippen LogP contribution in [0.3, 0.4) is 0 Å². The third-order valence-corrected chi connectivity index (χ3v) is 3.62. The Morgan fingerprint density at radius 3 is 2.90 bits per heavy atom. The topological polar surface area (TPSA) is 42.0 Å². The number of nitrogens with one attached hydrogen (secondary N) is 1. The summed E-state index contributed by atoms with van der Waals surface area (Å²) in [5.41, 5.74) is 1.61. The Balaban J connectivity index is 1.57. The van der Waals surface area contributed by atoms with Crippen LogP contribution in [-0.4, -0.2) is 10.9 Å². The maximum atomic E-state index is 13.6. The summed E-state index contributed by atoms with van der Waals surface area (Å²) in [5, 5.41) is 2.88. The molecule has 0 spiro atoms. The molecule has 1 aliphatic carbocycles. The van der Waals surface area contributed by atoms with Crippen LogP contribution in [-0.2, 0) is 11.3 Å². The van der Waals surface area contributed by atoms with E-state index in [-0.39, 0.29) is 23.6 Å². The second-order valence-electron chi connectivity index (χ2n) is 5.05. The number of benzene rings is 1. The van der Waals surface area contributed by atoms with Gasteiger partial charge in [-0.15, -0.1) is 0 Å². The minimum absolute atomic E-state index is 0.0119. The number of aromatic nitrogens is 1. The third-order valence-electron chi connectivity index (χ3n) is 3.62. The standard InChI is InChI=1S/C16H15FN2O/c17-15-6-2-1-5-12(15)13-8-14(13)16(20)19-10-11-4-3-7-18-9-11/h1-7,9,13-14H,8,10H2,(H,19,20). The van der Waals surface area contributed by atoms with E-state index in [0.29, 0.717) is 12.1 Å². The van der Waals surface area contributed by atoms with Crippen molar-refractivity contribution in [3.63, 3.8) is 0 Å².